The van der Waals surface area contributed by atoms with E-state index in [1.165, 1.54) is 6.92 Å². The van der Waals surface area contributed by atoms with Crippen molar-refractivity contribution in [2.24, 2.45) is 5.92 Å². The van der Waals surface area contributed by atoms with E-state index in [1.807, 2.05) is 13.8 Å². The van der Waals surface area contributed by atoms with Gasteiger partial charge in [-0.2, -0.15) is 0 Å². The summed E-state index contributed by atoms with van der Waals surface area (Å²) in [5.41, 5.74) is 0. The van der Waals surface area contributed by atoms with E-state index >= 15 is 0 Å². The molecule has 13 heavy (non-hydrogen) atoms. The highest BCUT2D eigenvalue weighted by Gasteiger charge is 2.14. The molecule has 0 aliphatic rings. The number of ether oxygens (including phenoxy) is 1. The Morgan fingerprint density at radius 3 is 2.23 bits per heavy atom. The fourth-order valence-corrected chi connectivity index (χ4v) is 0.738. The lowest BCUT2D eigenvalue weighted by Gasteiger charge is -2.12. The number of carbonyl (C=O) groups is 2. The molecule has 1 N–H and O–H groups in total. The van der Waals surface area contributed by atoms with E-state index in [1.54, 1.807) is 6.92 Å². The molecule has 4 heteroatoms. The highest BCUT2D eigenvalue weighted by molar-refractivity contribution is 5.82. The van der Waals surface area contributed by atoms with E-state index < -0.39 is 6.04 Å². The maximum absolute atomic E-state index is 11.1. The maximum atomic E-state index is 11.1. The first-order valence-corrected chi connectivity index (χ1v) is 4.37. The van der Waals surface area contributed by atoms with Gasteiger partial charge < -0.3 is 10.1 Å². The molecular formula is C9H17NO3. The topological polar surface area (TPSA) is 55.4 Å². The number of rotatable bonds is 4. The molecule has 0 heterocycles. The van der Waals surface area contributed by atoms with Gasteiger partial charge in [0.25, 0.3) is 0 Å². The SMILES string of the molecule is CC(=O)NC(C)C(=O)OCC(C)C. The quantitative estimate of drug-likeness (QED) is 0.659. The van der Waals surface area contributed by atoms with Crippen molar-refractivity contribution in [2.45, 2.75) is 33.7 Å². The number of carbonyl (C=O) groups excluding carboxylic acids is 2. The molecule has 0 aromatic heterocycles. The minimum atomic E-state index is -0.559. The van der Waals surface area contributed by atoms with Gasteiger partial charge in [-0.05, 0) is 12.8 Å². The fraction of sp³-hybridized carbons (Fsp3) is 0.778. The van der Waals surface area contributed by atoms with Gasteiger partial charge in [0.2, 0.25) is 5.91 Å². The van der Waals surface area contributed by atoms with Crippen LogP contribution < -0.4 is 5.32 Å². The molecule has 0 spiro atoms. The molecule has 76 valence electrons. The lowest BCUT2D eigenvalue weighted by Crippen LogP contribution is -2.38. The van der Waals surface area contributed by atoms with Crippen LogP contribution in [0.5, 0.6) is 0 Å². The Labute approximate surface area is 78.6 Å². The Morgan fingerprint density at radius 1 is 1.31 bits per heavy atom. The third-order valence-corrected chi connectivity index (χ3v) is 1.33. The highest BCUT2D eigenvalue weighted by Crippen LogP contribution is 1.95. The molecule has 0 rings (SSSR count). The zero-order chi connectivity index (χ0) is 10.4. The summed E-state index contributed by atoms with van der Waals surface area (Å²) in [4.78, 5) is 21.7. The first-order valence-electron chi connectivity index (χ1n) is 4.37. The number of nitrogens with one attached hydrogen (secondary N) is 1. The monoisotopic (exact) mass is 187 g/mol. The van der Waals surface area contributed by atoms with Crippen LogP contribution in [0.3, 0.4) is 0 Å². The van der Waals surface area contributed by atoms with Gasteiger partial charge >= 0.3 is 5.97 Å². The second-order valence-electron chi connectivity index (χ2n) is 3.45. The average Bonchev–Trinajstić information content (AvgIpc) is 1.98. The second-order valence-corrected chi connectivity index (χ2v) is 3.45. The van der Waals surface area contributed by atoms with Gasteiger partial charge in [0.15, 0.2) is 0 Å². The molecule has 0 bridgehead atoms. The lowest BCUT2D eigenvalue weighted by molar-refractivity contribution is -0.148. The van der Waals surface area contributed by atoms with Crippen molar-refractivity contribution in [3.05, 3.63) is 0 Å². The number of amides is 1. The minimum Gasteiger partial charge on any atom is -0.464 e. The molecule has 0 aliphatic carbocycles. The zero-order valence-corrected chi connectivity index (χ0v) is 8.59. The van der Waals surface area contributed by atoms with Crippen molar-refractivity contribution < 1.29 is 14.3 Å². The Morgan fingerprint density at radius 2 is 1.85 bits per heavy atom. The van der Waals surface area contributed by atoms with Crippen LogP contribution in [0.4, 0.5) is 0 Å². The van der Waals surface area contributed by atoms with Crippen LogP contribution in [-0.4, -0.2) is 24.5 Å². The largest absolute Gasteiger partial charge is 0.464 e. The summed E-state index contributed by atoms with van der Waals surface area (Å²) in [5, 5.41) is 2.45. The highest BCUT2D eigenvalue weighted by atomic mass is 16.5. The molecular weight excluding hydrogens is 170 g/mol. The average molecular weight is 187 g/mol. The molecule has 1 atom stereocenters. The Bertz CT molecular complexity index is 189. The summed E-state index contributed by atoms with van der Waals surface area (Å²) < 4.78 is 4.91. The van der Waals surface area contributed by atoms with Crippen molar-refractivity contribution in [1.82, 2.24) is 5.32 Å². The summed E-state index contributed by atoms with van der Waals surface area (Å²) in [7, 11) is 0. The van der Waals surface area contributed by atoms with Crippen molar-refractivity contribution in [2.75, 3.05) is 6.61 Å². The van der Waals surface area contributed by atoms with E-state index in [-0.39, 0.29) is 11.9 Å². The van der Waals surface area contributed by atoms with Crippen LogP contribution in [0, 0.1) is 5.92 Å². The van der Waals surface area contributed by atoms with Crippen LogP contribution >= 0.6 is 0 Å². The van der Waals surface area contributed by atoms with E-state index in [9.17, 15) is 9.59 Å². The number of hydrogen-bond acceptors (Lipinski definition) is 3. The van der Waals surface area contributed by atoms with E-state index in [0.29, 0.717) is 12.5 Å². The summed E-state index contributed by atoms with van der Waals surface area (Å²) >= 11 is 0. The molecule has 0 saturated carbocycles. The Hall–Kier alpha value is -1.06. The van der Waals surface area contributed by atoms with E-state index in [2.05, 4.69) is 5.32 Å². The van der Waals surface area contributed by atoms with Gasteiger partial charge in [-0.25, -0.2) is 4.79 Å². The van der Waals surface area contributed by atoms with Crippen LogP contribution in [0.15, 0.2) is 0 Å². The van der Waals surface area contributed by atoms with Gasteiger partial charge in [0.05, 0.1) is 6.61 Å². The molecule has 1 amide bonds. The van der Waals surface area contributed by atoms with Crippen molar-refractivity contribution >= 4 is 11.9 Å². The Kier molecular flexibility index (Phi) is 5.11. The molecule has 0 aromatic carbocycles. The molecule has 1 unspecified atom stereocenters. The van der Waals surface area contributed by atoms with Crippen molar-refractivity contribution in [3.8, 4) is 0 Å². The lowest BCUT2D eigenvalue weighted by atomic mass is 10.2. The zero-order valence-electron chi connectivity index (χ0n) is 8.59. The maximum Gasteiger partial charge on any atom is 0.328 e. The molecule has 0 radical (unpaired) electrons. The Balaban J connectivity index is 3.76. The fourth-order valence-electron chi connectivity index (χ4n) is 0.738. The third kappa shape index (κ3) is 6.13. The molecule has 0 aromatic rings. The van der Waals surface area contributed by atoms with Gasteiger partial charge in [0, 0.05) is 6.92 Å². The molecule has 4 nitrogen and oxygen atoms in total. The van der Waals surface area contributed by atoms with E-state index in [0.717, 1.165) is 0 Å². The van der Waals surface area contributed by atoms with Gasteiger partial charge in [0.1, 0.15) is 6.04 Å². The van der Waals surface area contributed by atoms with Crippen molar-refractivity contribution in [1.29, 1.82) is 0 Å². The van der Waals surface area contributed by atoms with Gasteiger partial charge in [-0.15, -0.1) is 0 Å². The summed E-state index contributed by atoms with van der Waals surface area (Å²) in [6.45, 7) is 7.27. The molecule has 0 aliphatic heterocycles. The number of esters is 1. The molecule has 0 fully saturated rings. The predicted molar refractivity (Wildman–Crippen MR) is 49.1 cm³/mol. The van der Waals surface area contributed by atoms with E-state index in [4.69, 9.17) is 4.74 Å². The summed E-state index contributed by atoms with van der Waals surface area (Å²) in [5.74, 6) is -0.300. The first kappa shape index (κ1) is 11.9. The van der Waals surface area contributed by atoms with Crippen LogP contribution in [0.2, 0.25) is 0 Å². The first-order chi connectivity index (χ1) is 5.93. The van der Waals surface area contributed by atoms with Crippen LogP contribution in [0.1, 0.15) is 27.7 Å². The third-order valence-electron chi connectivity index (χ3n) is 1.33. The summed E-state index contributed by atoms with van der Waals surface area (Å²) in [6.07, 6.45) is 0. The van der Waals surface area contributed by atoms with Gasteiger partial charge in [-0.1, -0.05) is 13.8 Å². The normalized spacial score (nSPS) is 12.4. The minimum absolute atomic E-state index is 0.228. The second kappa shape index (κ2) is 5.56. The van der Waals surface area contributed by atoms with Gasteiger partial charge in [-0.3, -0.25) is 4.79 Å². The van der Waals surface area contributed by atoms with Crippen LogP contribution in [0.25, 0.3) is 0 Å². The van der Waals surface area contributed by atoms with Crippen molar-refractivity contribution in [3.63, 3.8) is 0 Å². The smallest absolute Gasteiger partial charge is 0.328 e. The standard InChI is InChI=1S/C9H17NO3/c1-6(2)5-13-9(12)7(3)10-8(4)11/h6-7H,5H2,1-4H3,(H,10,11). The van der Waals surface area contributed by atoms with Crippen LogP contribution in [-0.2, 0) is 14.3 Å². The number of hydrogen-bond donors (Lipinski definition) is 1. The predicted octanol–water partition coefficient (Wildman–Crippen LogP) is 0.710. The molecule has 0 saturated heterocycles. The summed E-state index contributed by atoms with van der Waals surface area (Å²) in [6, 6.07) is -0.559.